The van der Waals surface area contributed by atoms with E-state index in [1.54, 1.807) is 13.0 Å². The summed E-state index contributed by atoms with van der Waals surface area (Å²) in [6, 6.07) is 7.32. The lowest BCUT2D eigenvalue weighted by atomic mass is 10.0. The first-order valence-electron chi connectivity index (χ1n) is 8.85. The molecule has 1 N–H and O–H groups in total. The van der Waals surface area contributed by atoms with Gasteiger partial charge in [0.1, 0.15) is 4.90 Å². The first-order chi connectivity index (χ1) is 13.3. The molecule has 1 atom stereocenters. The molecule has 0 radical (unpaired) electrons. The van der Waals surface area contributed by atoms with E-state index in [2.05, 4.69) is 10.2 Å². The number of nitrogens with one attached hydrogen (secondary N) is 1. The topological polar surface area (TPSA) is 109 Å². The smallest absolute Gasteiger partial charge is 0.310 e. The van der Waals surface area contributed by atoms with Gasteiger partial charge in [-0.05, 0) is 38.0 Å². The predicted octanol–water partition coefficient (Wildman–Crippen LogP) is 2.05. The number of hydrogen-bond donors (Lipinski definition) is 1. The number of benzene rings is 1. The number of nitrogens with zero attached hydrogens (tertiary/aromatic N) is 2. The van der Waals surface area contributed by atoms with Gasteiger partial charge in [0.15, 0.2) is 0 Å². The minimum Gasteiger partial charge on any atom is -0.466 e. The summed E-state index contributed by atoms with van der Waals surface area (Å²) in [6.45, 7) is 2.32. The highest BCUT2D eigenvalue weighted by atomic mass is 35.5. The minimum absolute atomic E-state index is 0.0542. The number of sulfonamides is 1. The second-order valence-electron chi connectivity index (χ2n) is 6.41. The Morgan fingerprint density at radius 2 is 2.14 bits per heavy atom. The van der Waals surface area contributed by atoms with Crippen LogP contribution >= 0.6 is 11.6 Å². The van der Waals surface area contributed by atoms with Crippen LogP contribution in [0.3, 0.4) is 0 Å². The number of piperidine rings is 1. The van der Waals surface area contributed by atoms with E-state index in [9.17, 15) is 18.0 Å². The Kier molecular flexibility index (Phi) is 6.17. The Morgan fingerprint density at radius 3 is 2.82 bits per heavy atom. The number of halogens is 1. The van der Waals surface area contributed by atoms with Crippen LogP contribution in [-0.4, -0.2) is 48.6 Å². The van der Waals surface area contributed by atoms with Gasteiger partial charge in [-0.3, -0.25) is 9.59 Å². The second kappa shape index (κ2) is 8.42. The standard InChI is InChI=1S/C18H20ClN3O5S/c1-2-27-18(24)13-4-3-9-22(11-13)28(25,26)16-10-12(5-6-14(16)19)15-7-8-17(23)21-20-15/h5-8,10,13H,2-4,9,11H2,1H3,(H,21,23). The summed E-state index contributed by atoms with van der Waals surface area (Å²) in [6.07, 6.45) is 1.14. The van der Waals surface area contributed by atoms with Crippen molar-refractivity contribution in [1.82, 2.24) is 14.5 Å². The molecule has 1 aromatic carbocycles. The van der Waals surface area contributed by atoms with Gasteiger partial charge in [-0.1, -0.05) is 17.7 Å². The molecular formula is C18H20ClN3O5S. The van der Waals surface area contributed by atoms with Gasteiger partial charge in [0.2, 0.25) is 10.0 Å². The zero-order valence-corrected chi connectivity index (χ0v) is 16.8. The largest absolute Gasteiger partial charge is 0.466 e. The number of hydrogen-bond acceptors (Lipinski definition) is 6. The number of aromatic amines is 1. The van der Waals surface area contributed by atoms with Crippen LogP contribution in [0.2, 0.25) is 5.02 Å². The lowest BCUT2D eigenvalue weighted by Gasteiger charge is -2.31. The molecule has 150 valence electrons. The van der Waals surface area contributed by atoms with E-state index >= 15 is 0 Å². The Labute approximate surface area is 167 Å². The van der Waals surface area contributed by atoms with Crippen LogP contribution in [0.1, 0.15) is 19.8 Å². The quantitative estimate of drug-likeness (QED) is 0.734. The SMILES string of the molecule is CCOC(=O)C1CCCN(S(=O)(=O)c2cc(-c3ccc(=O)[nH]n3)ccc2Cl)C1. The summed E-state index contributed by atoms with van der Waals surface area (Å²) < 4.78 is 32.7. The summed E-state index contributed by atoms with van der Waals surface area (Å²) in [7, 11) is -3.92. The molecule has 28 heavy (non-hydrogen) atoms. The van der Waals surface area contributed by atoms with Crippen LogP contribution in [0.5, 0.6) is 0 Å². The fraction of sp³-hybridized carbons (Fsp3) is 0.389. The number of carbonyl (C=O) groups excluding carboxylic acids is 1. The Morgan fingerprint density at radius 1 is 1.36 bits per heavy atom. The maximum atomic E-state index is 13.2. The molecule has 0 aliphatic carbocycles. The number of esters is 1. The van der Waals surface area contributed by atoms with E-state index in [0.717, 1.165) is 0 Å². The molecule has 0 spiro atoms. The minimum atomic E-state index is -3.92. The van der Waals surface area contributed by atoms with Crippen molar-refractivity contribution in [2.45, 2.75) is 24.7 Å². The molecule has 1 unspecified atom stereocenters. The van der Waals surface area contributed by atoms with Gasteiger partial charge in [0.05, 0.1) is 23.2 Å². The molecule has 2 heterocycles. The van der Waals surface area contributed by atoms with E-state index in [1.807, 2.05) is 0 Å². The highest BCUT2D eigenvalue weighted by Crippen LogP contribution is 2.31. The Hall–Kier alpha value is -2.23. The first-order valence-corrected chi connectivity index (χ1v) is 10.7. The van der Waals surface area contributed by atoms with Crippen molar-refractivity contribution in [1.29, 1.82) is 0 Å². The zero-order chi connectivity index (χ0) is 20.3. The van der Waals surface area contributed by atoms with Gasteiger partial charge in [-0.2, -0.15) is 9.40 Å². The summed E-state index contributed by atoms with van der Waals surface area (Å²) >= 11 is 6.19. The molecule has 1 aliphatic heterocycles. The second-order valence-corrected chi connectivity index (χ2v) is 8.72. The molecule has 1 saturated heterocycles. The molecule has 2 aromatic rings. The maximum Gasteiger partial charge on any atom is 0.310 e. The van der Waals surface area contributed by atoms with E-state index in [-0.39, 0.29) is 34.6 Å². The number of ether oxygens (including phenoxy) is 1. The summed E-state index contributed by atoms with van der Waals surface area (Å²) in [5.41, 5.74) is 0.554. The lowest BCUT2D eigenvalue weighted by Crippen LogP contribution is -2.42. The van der Waals surface area contributed by atoms with Gasteiger partial charge < -0.3 is 4.74 Å². The van der Waals surface area contributed by atoms with Crippen LogP contribution < -0.4 is 5.56 Å². The molecule has 1 aromatic heterocycles. The third kappa shape index (κ3) is 4.26. The van der Waals surface area contributed by atoms with Crippen molar-refractivity contribution in [2.75, 3.05) is 19.7 Å². The van der Waals surface area contributed by atoms with Gasteiger partial charge in [0.25, 0.3) is 5.56 Å². The van der Waals surface area contributed by atoms with Crippen LogP contribution in [0.15, 0.2) is 40.0 Å². The summed E-state index contributed by atoms with van der Waals surface area (Å²) in [5.74, 6) is -0.883. The van der Waals surface area contributed by atoms with E-state index < -0.39 is 15.9 Å². The average molecular weight is 426 g/mol. The number of carbonyl (C=O) groups is 1. The third-order valence-electron chi connectivity index (χ3n) is 4.53. The molecule has 3 rings (SSSR count). The van der Waals surface area contributed by atoms with Crippen LogP contribution in [0.25, 0.3) is 11.3 Å². The predicted molar refractivity (Wildman–Crippen MR) is 103 cm³/mol. The molecule has 10 heteroatoms. The fourth-order valence-corrected chi connectivity index (χ4v) is 5.14. The van der Waals surface area contributed by atoms with Crippen LogP contribution in [0, 0.1) is 5.92 Å². The van der Waals surface area contributed by atoms with E-state index in [4.69, 9.17) is 16.3 Å². The van der Waals surface area contributed by atoms with Crippen molar-refractivity contribution in [2.24, 2.45) is 5.92 Å². The molecular weight excluding hydrogens is 406 g/mol. The molecule has 1 aliphatic rings. The van der Waals surface area contributed by atoms with Crippen molar-refractivity contribution in [3.63, 3.8) is 0 Å². The van der Waals surface area contributed by atoms with E-state index in [1.165, 1.54) is 28.6 Å². The molecule has 0 bridgehead atoms. The Balaban J connectivity index is 1.92. The average Bonchev–Trinajstić information content (AvgIpc) is 2.69. The van der Waals surface area contributed by atoms with Gasteiger partial charge in [0, 0.05) is 24.7 Å². The zero-order valence-electron chi connectivity index (χ0n) is 15.2. The molecule has 1 fully saturated rings. The summed E-state index contributed by atoms with van der Waals surface area (Å²) in [4.78, 5) is 23.2. The van der Waals surface area contributed by atoms with Gasteiger partial charge in [-0.15, -0.1) is 0 Å². The first kappa shape index (κ1) is 20.5. The Bertz CT molecular complexity index is 1020. The van der Waals surface area contributed by atoms with Crippen molar-refractivity contribution >= 4 is 27.6 Å². The van der Waals surface area contributed by atoms with Crippen molar-refractivity contribution < 1.29 is 17.9 Å². The maximum absolute atomic E-state index is 13.2. The van der Waals surface area contributed by atoms with Crippen molar-refractivity contribution in [3.05, 3.63) is 45.7 Å². The third-order valence-corrected chi connectivity index (χ3v) is 6.87. The van der Waals surface area contributed by atoms with Gasteiger partial charge >= 0.3 is 5.97 Å². The van der Waals surface area contributed by atoms with Crippen LogP contribution in [0.4, 0.5) is 0 Å². The highest BCUT2D eigenvalue weighted by Gasteiger charge is 2.35. The van der Waals surface area contributed by atoms with Crippen molar-refractivity contribution in [3.8, 4) is 11.3 Å². The van der Waals surface area contributed by atoms with Crippen LogP contribution in [-0.2, 0) is 19.6 Å². The lowest BCUT2D eigenvalue weighted by molar-refractivity contribution is -0.149. The fourth-order valence-electron chi connectivity index (χ4n) is 3.12. The number of H-pyrrole nitrogens is 1. The molecule has 0 amide bonds. The molecule has 0 saturated carbocycles. The highest BCUT2D eigenvalue weighted by molar-refractivity contribution is 7.89. The monoisotopic (exact) mass is 425 g/mol. The number of rotatable bonds is 5. The normalized spacial score (nSPS) is 18.0. The van der Waals surface area contributed by atoms with Gasteiger partial charge in [-0.25, -0.2) is 13.5 Å². The van der Waals surface area contributed by atoms with E-state index in [0.29, 0.717) is 30.6 Å². The number of aromatic nitrogens is 2. The summed E-state index contributed by atoms with van der Waals surface area (Å²) in [5, 5.41) is 6.31. The molecule has 8 nitrogen and oxygen atoms in total.